The lowest BCUT2D eigenvalue weighted by atomic mass is 10.1. The maximum Gasteiger partial charge on any atom is 0.278 e. The minimum absolute atomic E-state index is 0.0745. The number of benzene rings is 1. The first kappa shape index (κ1) is 22.2. The Balaban J connectivity index is 1.69. The van der Waals surface area contributed by atoms with E-state index in [-0.39, 0.29) is 17.2 Å². The van der Waals surface area contributed by atoms with Crippen molar-refractivity contribution in [2.24, 2.45) is 5.92 Å². The van der Waals surface area contributed by atoms with Crippen molar-refractivity contribution >= 4 is 28.7 Å². The molecule has 0 spiro atoms. The number of fused-ring (bicyclic) bond motifs is 1. The van der Waals surface area contributed by atoms with E-state index in [4.69, 9.17) is 0 Å². The van der Waals surface area contributed by atoms with E-state index in [9.17, 15) is 9.59 Å². The third kappa shape index (κ3) is 5.53. The van der Waals surface area contributed by atoms with Crippen LogP contribution in [0.4, 0.5) is 0 Å². The van der Waals surface area contributed by atoms with Gasteiger partial charge in [-0.2, -0.15) is 0 Å². The highest BCUT2D eigenvalue weighted by Crippen LogP contribution is 2.19. The van der Waals surface area contributed by atoms with Crippen LogP contribution < -0.4 is 10.9 Å². The number of rotatable bonds is 9. The van der Waals surface area contributed by atoms with E-state index < -0.39 is 0 Å². The van der Waals surface area contributed by atoms with Crippen LogP contribution >= 0.6 is 11.8 Å². The summed E-state index contributed by atoms with van der Waals surface area (Å²) in [5.41, 5.74) is 4.35. The molecule has 7 heteroatoms. The smallest absolute Gasteiger partial charge is 0.278 e. The Bertz CT molecular complexity index is 1070. The molecule has 0 saturated carbocycles. The molecule has 0 aliphatic carbocycles. The van der Waals surface area contributed by atoms with E-state index in [0.717, 1.165) is 24.1 Å². The molecular formula is C23H30N4O2S. The monoisotopic (exact) mass is 426 g/mol. The molecule has 0 unspecified atom stereocenters. The predicted molar refractivity (Wildman–Crippen MR) is 123 cm³/mol. The first-order chi connectivity index (χ1) is 14.4. The molecule has 1 amide bonds. The van der Waals surface area contributed by atoms with Gasteiger partial charge in [0, 0.05) is 18.8 Å². The second kappa shape index (κ2) is 9.98. The summed E-state index contributed by atoms with van der Waals surface area (Å²) >= 11 is 1.31. The van der Waals surface area contributed by atoms with E-state index in [1.807, 2.05) is 25.1 Å². The van der Waals surface area contributed by atoms with Gasteiger partial charge in [-0.15, -0.1) is 0 Å². The third-order valence-corrected chi connectivity index (χ3v) is 6.00. The van der Waals surface area contributed by atoms with Crippen LogP contribution in [-0.2, 0) is 24.3 Å². The fraction of sp³-hybridized carbons (Fsp3) is 0.435. The van der Waals surface area contributed by atoms with Crippen molar-refractivity contribution < 1.29 is 4.79 Å². The molecule has 2 aromatic heterocycles. The summed E-state index contributed by atoms with van der Waals surface area (Å²) in [6.45, 7) is 9.37. The van der Waals surface area contributed by atoms with Gasteiger partial charge >= 0.3 is 0 Å². The average molecular weight is 427 g/mol. The lowest BCUT2D eigenvalue weighted by molar-refractivity contribution is -0.118. The molecule has 0 atom stereocenters. The van der Waals surface area contributed by atoms with Gasteiger partial charge in [-0.25, -0.2) is 4.98 Å². The number of nitrogens with one attached hydrogen (secondary N) is 2. The van der Waals surface area contributed by atoms with Gasteiger partial charge in [0.05, 0.1) is 11.3 Å². The van der Waals surface area contributed by atoms with Gasteiger partial charge in [-0.1, -0.05) is 56.8 Å². The van der Waals surface area contributed by atoms with E-state index in [2.05, 4.69) is 48.2 Å². The molecule has 0 radical (unpaired) electrons. The lowest BCUT2D eigenvalue weighted by Gasteiger charge is -2.13. The highest BCUT2D eigenvalue weighted by molar-refractivity contribution is 7.99. The molecule has 3 aromatic rings. The van der Waals surface area contributed by atoms with E-state index >= 15 is 0 Å². The van der Waals surface area contributed by atoms with E-state index in [0.29, 0.717) is 35.2 Å². The Morgan fingerprint density at radius 3 is 2.60 bits per heavy atom. The third-order valence-electron chi connectivity index (χ3n) is 5.02. The molecular weight excluding hydrogens is 396 g/mol. The van der Waals surface area contributed by atoms with Crippen molar-refractivity contribution in [2.45, 2.75) is 58.8 Å². The standard InChI is InChI=1S/C23H30N4O2S/c1-5-17-6-8-18(9-7-17)13-24-20(28)14-30-23-26-19-12-16(4)25-21(19)22(29)27(23)11-10-15(2)3/h6-9,12,15,25H,5,10-11,13-14H2,1-4H3,(H,24,28). The fourth-order valence-electron chi connectivity index (χ4n) is 3.18. The second-order valence-corrected chi connectivity index (χ2v) is 8.92. The van der Waals surface area contributed by atoms with Crippen LogP contribution in [0.2, 0.25) is 0 Å². The van der Waals surface area contributed by atoms with Gasteiger partial charge in [-0.05, 0) is 42.9 Å². The average Bonchev–Trinajstić information content (AvgIpc) is 3.11. The topological polar surface area (TPSA) is 79.8 Å². The number of thioether (sulfide) groups is 1. The zero-order chi connectivity index (χ0) is 21.7. The molecule has 2 heterocycles. The molecule has 160 valence electrons. The molecule has 1 aromatic carbocycles. The van der Waals surface area contributed by atoms with Crippen molar-refractivity contribution in [1.82, 2.24) is 19.9 Å². The van der Waals surface area contributed by atoms with Crippen LogP contribution in [0.5, 0.6) is 0 Å². The predicted octanol–water partition coefficient (Wildman–Crippen LogP) is 4.05. The summed E-state index contributed by atoms with van der Waals surface area (Å²) in [6.07, 6.45) is 1.88. The van der Waals surface area contributed by atoms with Crippen LogP contribution in [-0.4, -0.2) is 26.2 Å². The number of aromatic amines is 1. The zero-order valence-electron chi connectivity index (χ0n) is 18.1. The molecule has 3 rings (SSSR count). The van der Waals surface area contributed by atoms with Crippen LogP contribution in [0.15, 0.2) is 40.3 Å². The molecule has 6 nitrogen and oxygen atoms in total. The molecule has 2 N–H and O–H groups in total. The van der Waals surface area contributed by atoms with Crippen LogP contribution in [0.3, 0.4) is 0 Å². The number of carbonyl (C=O) groups is 1. The highest BCUT2D eigenvalue weighted by atomic mass is 32.2. The Kier molecular flexibility index (Phi) is 7.37. The number of hydrogen-bond acceptors (Lipinski definition) is 4. The summed E-state index contributed by atoms with van der Waals surface area (Å²) in [5, 5.41) is 3.54. The van der Waals surface area contributed by atoms with E-state index in [1.54, 1.807) is 4.57 Å². The van der Waals surface area contributed by atoms with Gasteiger partial charge in [0.2, 0.25) is 5.91 Å². The summed E-state index contributed by atoms with van der Waals surface area (Å²) < 4.78 is 1.69. The zero-order valence-corrected chi connectivity index (χ0v) is 18.9. The van der Waals surface area contributed by atoms with Crippen molar-refractivity contribution in [1.29, 1.82) is 0 Å². The molecule has 0 saturated heterocycles. The summed E-state index contributed by atoms with van der Waals surface area (Å²) in [4.78, 5) is 33.1. The first-order valence-electron chi connectivity index (χ1n) is 10.4. The Morgan fingerprint density at radius 1 is 1.23 bits per heavy atom. The number of amides is 1. The number of nitrogens with zero attached hydrogens (tertiary/aromatic N) is 2. The summed E-state index contributed by atoms with van der Waals surface area (Å²) in [6, 6.07) is 10.1. The largest absolute Gasteiger partial charge is 0.353 e. The first-order valence-corrected chi connectivity index (χ1v) is 11.4. The minimum atomic E-state index is -0.0762. The number of hydrogen-bond donors (Lipinski definition) is 2. The molecule has 30 heavy (non-hydrogen) atoms. The molecule has 0 bridgehead atoms. The molecule has 0 aliphatic rings. The van der Waals surface area contributed by atoms with Crippen molar-refractivity contribution in [3.63, 3.8) is 0 Å². The number of aryl methyl sites for hydroxylation is 2. The molecule has 0 fully saturated rings. The molecule has 0 aliphatic heterocycles. The summed E-state index contributed by atoms with van der Waals surface area (Å²) in [5.74, 6) is 0.614. The van der Waals surface area contributed by atoms with Crippen molar-refractivity contribution in [3.8, 4) is 0 Å². The van der Waals surface area contributed by atoms with Gasteiger partial charge in [0.1, 0.15) is 5.52 Å². The maximum atomic E-state index is 13.0. The quantitative estimate of drug-likeness (QED) is 0.400. The number of H-pyrrole nitrogens is 1. The van der Waals surface area contributed by atoms with Gasteiger partial charge in [0.25, 0.3) is 5.56 Å². The highest BCUT2D eigenvalue weighted by Gasteiger charge is 2.15. The van der Waals surface area contributed by atoms with Crippen molar-refractivity contribution in [3.05, 3.63) is 57.5 Å². The second-order valence-electron chi connectivity index (χ2n) is 7.98. The Hall–Kier alpha value is -2.54. The van der Waals surface area contributed by atoms with Gasteiger partial charge in [-0.3, -0.25) is 14.2 Å². The lowest BCUT2D eigenvalue weighted by Crippen LogP contribution is -2.27. The van der Waals surface area contributed by atoms with Crippen molar-refractivity contribution in [2.75, 3.05) is 5.75 Å². The number of aromatic nitrogens is 3. The van der Waals surface area contributed by atoms with Gasteiger partial charge < -0.3 is 10.3 Å². The minimum Gasteiger partial charge on any atom is -0.353 e. The fourth-order valence-corrected chi connectivity index (χ4v) is 4.04. The Labute approximate surface area is 181 Å². The van der Waals surface area contributed by atoms with Crippen LogP contribution in [0.1, 0.15) is 44.0 Å². The Morgan fingerprint density at radius 2 is 1.93 bits per heavy atom. The maximum absolute atomic E-state index is 13.0. The normalized spacial score (nSPS) is 11.4. The van der Waals surface area contributed by atoms with E-state index in [1.165, 1.54) is 17.3 Å². The van der Waals surface area contributed by atoms with Crippen LogP contribution in [0.25, 0.3) is 11.0 Å². The number of carbonyl (C=O) groups excluding carboxylic acids is 1. The SMILES string of the molecule is CCc1ccc(CNC(=O)CSc2nc3cc(C)[nH]c3c(=O)n2CCC(C)C)cc1. The van der Waals surface area contributed by atoms with Gasteiger partial charge in [0.15, 0.2) is 5.16 Å². The summed E-state index contributed by atoms with van der Waals surface area (Å²) in [7, 11) is 0. The van der Waals surface area contributed by atoms with Crippen LogP contribution in [0, 0.1) is 12.8 Å².